The number of imidazole rings is 1. The summed E-state index contributed by atoms with van der Waals surface area (Å²) in [6, 6.07) is 6.60. The van der Waals surface area contributed by atoms with Crippen LogP contribution in [0.3, 0.4) is 0 Å². The Kier molecular flexibility index (Phi) is 4.45. The average molecular weight is 390 g/mol. The number of hydrogen-bond donors (Lipinski definition) is 1. The lowest BCUT2D eigenvalue weighted by atomic mass is 9.87. The van der Waals surface area contributed by atoms with E-state index >= 15 is 0 Å². The molecule has 7 heteroatoms. The Labute approximate surface area is 170 Å². The van der Waals surface area contributed by atoms with E-state index in [2.05, 4.69) is 44.9 Å². The van der Waals surface area contributed by atoms with Crippen LogP contribution >= 0.6 is 0 Å². The lowest BCUT2D eigenvalue weighted by Crippen LogP contribution is -2.26. The highest BCUT2D eigenvalue weighted by molar-refractivity contribution is 5.82. The summed E-state index contributed by atoms with van der Waals surface area (Å²) in [5.41, 5.74) is 4.76. The lowest BCUT2D eigenvalue weighted by molar-refractivity contribution is 0.360. The molecule has 1 fully saturated rings. The normalized spacial score (nSPS) is 19.8. The Morgan fingerprint density at radius 1 is 1.10 bits per heavy atom. The summed E-state index contributed by atoms with van der Waals surface area (Å²) in [7, 11) is 0. The third-order valence-electron chi connectivity index (χ3n) is 6.14. The smallest absolute Gasteiger partial charge is 0.241 e. The Morgan fingerprint density at radius 2 is 1.93 bits per heavy atom. The van der Waals surface area contributed by atoms with Crippen LogP contribution in [0.5, 0.6) is 0 Å². The first kappa shape index (κ1) is 18.1. The van der Waals surface area contributed by atoms with Gasteiger partial charge in [-0.05, 0) is 63.6 Å². The summed E-state index contributed by atoms with van der Waals surface area (Å²) in [6.07, 6.45) is 8.80. The highest BCUT2D eigenvalue weighted by atomic mass is 15.3. The van der Waals surface area contributed by atoms with Crippen LogP contribution in [0.1, 0.15) is 45.4 Å². The van der Waals surface area contributed by atoms with Gasteiger partial charge < -0.3 is 9.88 Å². The maximum Gasteiger partial charge on any atom is 0.241 e. The molecule has 150 valence electrons. The van der Waals surface area contributed by atoms with Crippen molar-refractivity contribution in [2.75, 3.05) is 5.32 Å². The van der Waals surface area contributed by atoms with Crippen LogP contribution in [0, 0.1) is 12.8 Å². The molecule has 1 aliphatic carbocycles. The molecule has 0 aliphatic heterocycles. The Hall–Kier alpha value is -2.96. The highest BCUT2D eigenvalue weighted by Crippen LogP contribution is 2.28. The standard InChI is InChI=1S/C22H27N7/c1-4-28-15(3)24-19-10-9-18(26-21(19)28)17-11-12-29-20(17)13-23-22(27-29)25-16-7-5-14(2)6-8-16/h9-14,16H,4-8H2,1-3H3,(H,25,27). The number of pyridine rings is 1. The first-order valence-electron chi connectivity index (χ1n) is 10.6. The summed E-state index contributed by atoms with van der Waals surface area (Å²) in [6.45, 7) is 7.33. The lowest BCUT2D eigenvalue weighted by Gasteiger charge is -2.26. The van der Waals surface area contributed by atoms with Gasteiger partial charge in [-0.15, -0.1) is 5.10 Å². The molecule has 29 heavy (non-hydrogen) atoms. The van der Waals surface area contributed by atoms with Crippen molar-refractivity contribution in [2.45, 2.75) is 59.0 Å². The van der Waals surface area contributed by atoms with Gasteiger partial charge in [-0.3, -0.25) is 0 Å². The minimum absolute atomic E-state index is 0.473. The van der Waals surface area contributed by atoms with Crippen molar-refractivity contribution in [2.24, 2.45) is 5.92 Å². The molecule has 4 aromatic heterocycles. The van der Waals surface area contributed by atoms with E-state index in [1.165, 1.54) is 25.7 Å². The van der Waals surface area contributed by atoms with Crippen molar-refractivity contribution in [3.05, 3.63) is 36.4 Å². The highest BCUT2D eigenvalue weighted by Gasteiger charge is 2.19. The number of fused-ring (bicyclic) bond motifs is 2. The molecule has 0 radical (unpaired) electrons. The molecule has 0 unspecified atom stereocenters. The summed E-state index contributed by atoms with van der Waals surface area (Å²) in [5.74, 6) is 2.52. The Bertz CT molecular complexity index is 1160. The van der Waals surface area contributed by atoms with Gasteiger partial charge in [0.15, 0.2) is 5.65 Å². The molecular formula is C22H27N7. The molecule has 0 aromatic carbocycles. The second-order valence-corrected chi connectivity index (χ2v) is 8.18. The number of aromatic nitrogens is 6. The molecule has 0 bridgehead atoms. The van der Waals surface area contributed by atoms with Crippen LogP contribution < -0.4 is 5.32 Å². The van der Waals surface area contributed by atoms with Gasteiger partial charge in [-0.25, -0.2) is 19.5 Å². The molecule has 1 saturated carbocycles. The van der Waals surface area contributed by atoms with Crippen molar-refractivity contribution < 1.29 is 0 Å². The average Bonchev–Trinajstić information content (AvgIpc) is 3.28. The van der Waals surface area contributed by atoms with E-state index in [1.807, 2.05) is 36.0 Å². The number of aryl methyl sites for hydroxylation is 2. The zero-order valence-corrected chi connectivity index (χ0v) is 17.3. The molecule has 7 nitrogen and oxygen atoms in total. The molecule has 0 saturated heterocycles. The van der Waals surface area contributed by atoms with Crippen LogP contribution in [0.4, 0.5) is 5.95 Å². The minimum atomic E-state index is 0.473. The maximum atomic E-state index is 4.90. The van der Waals surface area contributed by atoms with Crippen LogP contribution in [0.15, 0.2) is 30.6 Å². The predicted molar refractivity (Wildman–Crippen MR) is 115 cm³/mol. The largest absolute Gasteiger partial charge is 0.350 e. The molecule has 1 N–H and O–H groups in total. The van der Waals surface area contributed by atoms with E-state index in [0.717, 1.165) is 46.2 Å². The maximum absolute atomic E-state index is 4.90. The topological polar surface area (TPSA) is 72.9 Å². The molecule has 4 aromatic rings. The van der Waals surface area contributed by atoms with Gasteiger partial charge in [0.2, 0.25) is 5.95 Å². The van der Waals surface area contributed by atoms with Crippen molar-refractivity contribution in [1.29, 1.82) is 0 Å². The summed E-state index contributed by atoms with van der Waals surface area (Å²) in [4.78, 5) is 14.1. The number of nitrogens with one attached hydrogen (secondary N) is 1. The van der Waals surface area contributed by atoms with Crippen LogP contribution in [-0.4, -0.2) is 35.2 Å². The number of nitrogens with zero attached hydrogens (tertiary/aromatic N) is 6. The molecular weight excluding hydrogens is 362 g/mol. The molecule has 0 atom stereocenters. The Balaban J connectivity index is 1.46. The summed E-state index contributed by atoms with van der Waals surface area (Å²) < 4.78 is 4.03. The second kappa shape index (κ2) is 7.13. The van der Waals surface area contributed by atoms with Gasteiger partial charge in [0.05, 0.1) is 17.4 Å². The van der Waals surface area contributed by atoms with E-state index in [0.29, 0.717) is 12.0 Å². The first-order valence-corrected chi connectivity index (χ1v) is 10.6. The molecule has 1 aliphatic rings. The molecule has 4 heterocycles. The van der Waals surface area contributed by atoms with Gasteiger partial charge in [-0.1, -0.05) is 6.92 Å². The van der Waals surface area contributed by atoms with Gasteiger partial charge in [0.1, 0.15) is 11.3 Å². The van der Waals surface area contributed by atoms with E-state index in [1.54, 1.807) is 0 Å². The van der Waals surface area contributed by atoms with E-state index in [-0.39, 0.29) is 0 Å². The quantitative estimate of drug-likeness (QED) is 0.558. The van der Waals surface area contributed by atoms with E-state index in [4.69, 9.17) is 4.98 Å². The zero-order valence-electron chi connectivity index (χ0n) is 17.3. The minimum Gasteiger partial charge on any atom is -0.350 e. The van der Waals surface area contributed by atoms with Crippen LogP contribution in [-0.2, 0) is 6.54 Å². The second-order valence-electron chi connectivity index (χ2n) is 8.18. The summed E-state index contributed by atoms with van der Waals surface area (Å²) >= 11 is 0. The molecule has 0 amide bonds. The van der Waals surface area contributed by atoms with Crippen LogP contribution in [0.25, 0.3) is 27.9 Å². The van der Waals surface area contributed by atoms with Gasteiger partial charge >= 0.3 is 0 Å². The predicted octanol–water partition coefficient (Wildman–Crippen LogP) is 4.46. The monoisotopic (exact) mass is 389 g/mol. The zero-order chi connectivity index (χ0) is 20.0. The third kappa shape index (κ3) is 3.24. The fraction of sp³-hybridized carbons (Fsp3) is 0.455. The van der Waals surface area contributed by atoms with Crippen molar-refractivity contribution in [1.82, 2.24) is 29.1 Å². The van der Waals surface area contributed by atoms with Crippen molar-refractivity contribution in [3.8, 4) is 11.3 Å². The van der Waals surface area contributed by atoms with Gasteiger partial charge in [0, 0.05) is 24.3 Å². The molecule has 0 spiro atoms. The van der Waals surface area contributed by atoms with E-state index < -0.39 is 0 Å². The van der Waals surface area contributed by atoms with Crippen molar-refractivity contribution in [3.63, 3.8) is 0 Å². The summed E-state index contributed by atoms with van der Waals surface area (Å²) in [5, 5.41) is 8.20. The molecule has 5 rings (SSSR count). The fourth-order valence-corrected chi connectivity index (χ4v) is 4.41. The third-order valence-corrected chi connectivity index (χ3v) is 6.14. The van der Waals surface area contributed by atoms with E-state index in [9.17, 15) is 0 Å². The van der Waals surface area contributed by atoms with Gasteiger partial charge in [0.25, 0.3) is 0 Å². The fourth-order valence-electron chi connectivity index (χ4n) is 4.41. The number of anilines is 1. The van der Waals surface area contributed by atoms with Gasteiger partial charge in [-0.2, -0.15) is 0 Å². The first-order chi connectivity index (χ1) is 14.1. The number of hydrogen-bond acceptors (Lipinski definition) is 5. The van der Waals surface area contributed by atoms with Crippen molar-refractivity contribution >= 4 is 22.6 Å². The Morgan fingerprint density at radius 3 is 2.72 bits per heavy atom. The number of rotatable bonds is 4. The SMILES string of the molecule is CCn1c(C)nc2ccc(-c3ccn4nc(NC5CCC(C)CC5)ncc34)nc21. The van der Waals surface area contributed by atoms with Crippen LogP contribution in [0.2, 0.25) is 0 Å².